The first kappa shape index (κ1) is 12.5. The van der Waals surface area contributed by atoms with Crippen LogP contribution in [0.15, 0.2) is 12.1 Å². The van der Waals surface area contributed by atoms with Crippen LogP contribution in [0.1, 0.15) is 16.1 Å². The van der Waals surface area contributed by atoms with E-state index in [0.717, 1.165) is 13.0 Å². The SMILES string of the molecule is O=C1CN(CC(=O)c2ccc(Cl)s2)CCCN1. The van der Waals surface area contributed by atoms with Crippen LogP contribution < -0.4 is 5.32 Å². The van der Waals surface area contributed by atoms with E-state index in [1.54, 1.807) is 12.1 Å². The summed E-state index contributed by atoms with van der Waals surface area (Å²) in [6.07, 6.45) is 0.879. The van der Waals surface area contributed by atoms with Crippen molar-refractivity contribution in [3.8, 4) is 0 Å². The molecule has 1 fully saturated rings. The van der Waals surface area contributed by atoms with Crippen molar-refractivity contribution in [1.29, 1.82) is 0 Å². The third kappa shape index (κ3) is 3.52. The van der Waals surface area contributed by atoms with E-state index in [9.17, 15) is 9.59 Å². The number of nitrogens with one attached hydrogen (secondary N) is 1. The molecule has 0 aromatic carbocycles. The summed E-state index contributed by atoms with van der Waals surface area (Å²) in [7, 11) is 0. The number of carbonyl (C=O) groups excluding carboxylic acids is 2. The Balaban J connectivity index is 1.95. The number of thiophene rings is 1. The molecule has 1 aliphatic heterocycles. The van der Waals surface area contributed by atoms with Crippen molar-refractivity contribution in [2.75, 3.05) is 26.2 Å². The average molecular weight is 273 g/mol. The molecule has 0 atom stereocenters. The van der Waals surface area contributed by atoms with E-state index in [-0.39, 0.29) is 18.2 Å². The van der Waals surface area contributed by atoms with Gasteiger partial charge in [-0.1, -0.05) is 11.6 Å². The van der Waals surface area contributed by atoms with Crippen molar-refractivity contribution in [2.24, 2.45) is 0 Å². The van der Waals surface area contributed by atoms with Crippen molar-refractivity contribution >= 4 is 34.6 Å². The van der Waals surface area contributed by atoms with Gasteiger partial charge in [0.15, 0.2) is 5.78 Å². The van der Waals surface area contributed by atoms with Crippen molar-refractivity contribution in [2.45, 2.75) is 6.42 Å². The molecule has 0 spiro atoms. The number of halogens is 1. The lowest BCUT2D eigenvalue weighted by Crippen LogP contribution is -2.36. The molecule has 1 aromatic heterocycles. The number of amides is 1. The van der Waals surface area contributed by atoms with Crippen LogP contribution in [-0.4, -0.2) is 42.8 Å². The van der Waals surface area contributed by atoms with Crippen molar-refractivity contribution in [1.82, 2.24) is 10.2 Å². The molecule has 0 bridgehead atoms. The van der Waals surface area contributed by atoms with Crippen LogP contribution in [0, 0.1) is 0 Å². The highest BCUT2D eigenvalue weighted by Crippen LogP contribution is 2.22. The van der Waals surface area contributed by atoms with Gasteiger partial charge < -0.3 is 5.32 Å². The third-order valence-electron chi connectivity index (χ3n) is 2.56. The molecule has 0 aliphatic carbocycles. The largest absolute Gasteiger partial charge is 0.355 e. The summed E-state index contributed by atoms with van der Waals surface area (Å²) < 4.78 is 0.613. The highest BCUT2D eigenvalue weighted by Gasteiger charge is 2.18. The van der Waals surface area contributed by atoms with Crippen molar-refractivity contribution in [3.63, 3.8) is 0 Å². The molecule has 2 rings (SSSR count). The summed E-state index contributed by atoms with van der Waals surface area (Å²) in [6.45, 7) is 2.03. The molecule has 1 aliphatic rings. The Morgan fingerprint density at radius 2 is 2.35 bits per heavy atom. The fourth-order valence-corrected chi connectivity index (χ4v) is 2.72. The molecule has 1 amide bonds. The van der Waals surface area contributed by atoms with Gasteiger partial charge in [0.2, 0.25) is 5.91 Å². The molecule has 0 unspecified atom stereocenters. The van der Waals surface area contributed by atoms with Gasteiger partial charge in [0.05, 0.1) is 22.3 Å². The smallest absolute Gasteiger partial charge is 0.234 e. The second kappa shape index (κ2) is 5.62. The number of ketones is 1. The molecule has 17 heavy (non-hydrogen) atoms. The van der Waals surface area contributed by atoms with Crippen LogP contribution in [0.4, 0.5) is 0 Å². The summed E-state index contributed by atoms with van der Waals surface area (Å²) in [5.41, 5.74) is 0. The third-order valence-corrected chi connectivity index (χ3v) is 3.83. The minimum Gasteiger partial charge on any atom is -0.355 e. The molecular weight excluding hydrogens is 260 g/mol. The Bertz CT molecular complexity index is 433. The Labute approximate surface area is 109 Å². The second-order valence-electron chi connectivity index (χ2n) is 3.94. The minimum absolute atomic E-state index is 0.0143. The normalized spacial score (nSPS) is 17.6. The van der Waals surface area contributed by atoms with E-state index >= 15 is 0 Å². The fraction of sp³-hybridized carbons (Fsp3) is 0.455. The van der Waals surface area contributed by atoms with Crippen LogP contribution in [0.2, 0.25) is 4.34 Å². The minimum atomic E-state index is -0.0143. The summed E-state index contributed by atoms with van der Waals surface area (Å²) in [5.74, 6) is 0.0103. The van der Waals surface area contributed by atoms with Gasteiger partial charge in [-0.25, -0.2) is 0 Å². The lowest BCUT2D eigenvalue weighted by Gasteiger charge is -2.16. The number of nitrogens with zero attached hydrogens (tertiary/aromatic N) is 1. The first-order valence-electron chi connectivity index (χ1n) is 5.43. The van der Waals surface area contributed by atoms with Gasteiger partial charge in [0, 0.05) is 13.1 Å². The van der Waals surface area contributed by atoms with E-state index in [1.807, 2.05) is 4.90 Å². The summed E-state index contributed by atoms with van der Waals surface area (Å²) in [6, 6.07) is 3.45. The van der Waals surface area contributed by atoms with E-state index in [4.69, 9.17) is 11.6 Å². The zero-order chi connectivity index (χ0) is 12.3. The van der Waals surface area contributed by atoms with Gasteiger partial charge in [0.25, 0.3) is 0 Å². The summed E-state index contributed by atoms with van der Waals surface area (Å²) in [5, 5.41) is 2.78. The number of hydrogen-bond acceptors (Lipinski definition) is 4. The monoisotopic (exact) mass is 272 g/mol. The topological polar surface area (TPSA) is 49.4 Å². The quantitative estimate of drug-likeness (QED) is 0.847. The van der Waals surface area contributed by atoms with Crippen molar-refractivity contribution < 1.29 is 9.59 Å². The molecule has 6 heteroatoms. The molecule has 4 nitrogen and oxygen atoms in total. The Hall–Kier alpha value is -0.910. The first-order chi connectivity index (χ1) is 8.15. The highest BCUT2D eigenvalue weighted by molar-refractivity contribution is 7.18. The van der Waals surface area contributed by atoms with E-state index < -0.39 is 0 Å². The lowest BCUT2D eigenvalue weighted by molar-refractivity contribution is -0.121. The molecule has 1 saturated heterocycles. The lowest BCUT2D eigenvalue weighted by atomic mass is 10.3. The number of carbonyl (C=O) groups is 2. The summed E-state index contributed by atoms with van der Waals surface area (Å²) >= 11 is 7.06. The standard InChI is InChI=1S/C11H13ClN2O2S/c12-10-3-2-9(17-10)8(15)6-14-5-1-4-13-11(16)7-14/h2-3H,1,4-7H2,(H,13,16). The van der Waals surface area contributed by atoms with Gasteiger partial charge in [-0.2, -0.15) is 0 Å². The highest BCUT2D eigenvalue weighted by atomic mass is 35.5. The van der Waals surface area contributed by atoms with Gasteiger partial charge >= 0.3 is 0 Å². The van der Waals surface area contributed by atoms with E-state index in [2.05, 4.69) is 5.32 Å². The maximum atomic E-state index is 11.9. The van der Waals surface area contributed by atoms with Crippen LogP contribution in [0.5, 0.6) is 0 Å². The Morgan fingerprint density at radius 3 is 3.06 bits per heavy atom. The van der Waals surface area contributed by atoms with Gasteiger partial charge in [-0.05, 0) is 18.6 Å². The van der Waals surface area contributed by atoms with Gasteiger partial charge in [0.1, 0.15) is 0 Å². The molecule has 0 saturated carbocycles. The molecule has 1 aromatic rings. The Kier molecular flexibility index (Phi) is 4.15. The van der Waals surface area contributed by atoms with Gasteiger partial charge in [-0.15, -0.1) is 11.3 Å². The maximum Gasteiger partial charge on any atom is 0.234 e. The molecule has 1 N–H and O–H groups in total. The Morgan fingerprint density at radius 1 is 1.53 bits per heavy atom. The van der Waals surface area contributed by atoms with Crippen LogP contribution in [0.3, 0.4) is 0 Å². The predicted molar refractivity (Wildman–Crippen MR) is 67.7 cm³/mol. The zero-order valence-corrected chi connectivity index (χ0v) is 10.8. The number of Topliss-reactive ketones (excluding diaryl/α,β-unsaturated/α-hetero) is 1. The molecule has 2 heterocycles. The maximum absolute atomic E-state index is 11.9. The second-order valence-corrected chi connectivity index (χ2v) is 5.66. The van der Waals surface area contributed by atoms with Crippen LogP contribution in [0.25, 0.3) is 0 Å². The molecular formula is C11H13ClN2O2S. The van der Waals surface area contributed by atoms with Crippen LogP contribution >= 0.6 is 22.9 Å². The van der Waals surface area contributed by atoms with Crippen molar-refractivity contribution in [3.05, 3.63) is 21.3 Å². The van der Waals surface area contributed by atoms with Crippen LogP contribution in [-0.2, 0) is 4.79 Å². The van der Waals surface area contributed by atoms with E-state index in [0.29, 0.717) is 22.3 Å². The average Bonchev–Trinajstić information content (AvgIpc) is 2.61. The molecule has 92 valence electrons. The number of hydrogen-bond donors (Lipinski definition) is 1. The summed E-state index contributed by atoms with van der Waals surface area (Å²) in [4.78, 5) is 25.8. The predicted octanol–water partition coefficient (Wildman–Crippen LogP) is 1.41. The molecule has 0 radical (unpaired) electrons. The fourth-order valence-electron chi connectivity index (χ4n) is 1.75. The van der Waals surface area contributed by atoms with Gasteiger partial charge in [-0.3, -0.25) is 14.5 Å². The first-order valence-corrected chi connectivity index (χ1v) is 6.62. The number of rotatable bonds is 3. The van der Waals surface area contributed by atoms with E-state index in [1.165, 1.54) is 11.3 Å². The zero-order valence-electron chi connectivity index (χ0n) is 9.24.